The van der Waals surface area contributed by atoms with Crippen LogP contribution in [-0.4, -0.2) is 27.1 Å². The molecule has 0 radical (unpaired) electrons. The number of hydrogen-bond acceptors (Lipinski definition) is 5. The van der Waals surface area contributed by atoms with Crippen LogP contribution in [0.5, 0.6) is 0 Å². The van der Waals surface area contributed by atoms with Crippen molar-refractivity contribution in [1.29, 1.82) is 0 Å². The zero-order valence-electron chi connectivity index (χ0n) is 10.1. The number of aromatic nitrogens is 2. The summed E-state index contributed by atoms with van der Waals surface area (Å²) in [7, 11) is 0. The molecule has 0 saturated heterocycles. The number of non-ortho nitro benzene ring substituents is 1. The smallest absolute Gasteiger partial charge is 0.358 e. The summed E-state index contributed by atoms with van der Waals surface area (Å²) >= 11 is 0. The summed E-state index contributed by atoms with van der Waals surface area (Å²) in [4.78, 5) is 25.6. The largest absolute Gasteiger partial charge is 0.461 e. The molecule has 1 aromatic carbocycles. The highest BCUT2D eigenvalue weighted by Crippen LogP contribution is 2.17. The summed E-state index contributed by atoms with van der Waals surface area (Å²) in [5, 5.41) is 10.7. The number of nitro benzene ring substituents is 1. The van der Waals surface area contributed by atoms with Crippen LogP contribution in [0.15, 0.2) is 36.8 Å². The SMILES string of the molecule is CCOC(=O)c1cn(-c2cccc([N+](=O)[O-])c2)cn1. The third-order valence-corrected chi connectivity index (χ3v) is 2.41. The highest BCUT2D eigenvalue weighted by atomic mass is 16.6. The molecule has 7 heteroatoms. The minimum Gasteiger partial charge on any atom is -0.461 e. The molecule has 2 aromatic rings. The maximum Gasteiger partial charge on any atom is 0.358 e. The van der Waals surface area contributed by atoms with Crippen LogP contribution in [0.25, 0.3) is 5.69 Å². The Morgan fingerprint density at radius 1 is 1.53 bits per heavy atom. The molecule has 0 atom stereocenters. The molecule has 0 bridgehead atoms. The molecular formula is C12H11N3O4. The fraction of sp³-hybridized carbons (Fsp3) is 0.167. The van der Waals surface area contributed by atoms with Crippen molar-refractivity contribution in [3.63, 3.8) is 0 Å². The van der Waals surface area contributed by atoms with Crippen molar-refractivity contribution in [1.82, 2.24) is 9.55 Å². The van der Waals surface area contributed by atoms with Gasteiger partial charge in [0, 0.05) is 18.3 Å². The number of carbonyl (C=O) groups is 1. The van der Waals surface area contributed by atoms with E-state index < -0.39 is 10.9 Å². The topological polar surface area (TPSA) is 87.3 Å². The minimum absolute atomic E-state index is 0.0242. The standard InChI is InChI=1S/C12H11N3O4/c1-2-19-12(16)11-7-14(8-13-11)9-4-3-5-10(6-9)15(17)18/h3-8H,2H2,1H3. The Balaban J connectivity index is 2.30. The van der Waals surface area contributed by atoms with Crippen molar-refractivity contribution in [3.8, 4) is 5.69 Å². The summed E-state index contributed by atoms with van der Waals surface area (Å²) < 4.78 is 6.34. The van der Waals surface area contributed by atoms with Crippen molar-refractivity contribution in [2.24, 2.45) is 0 Å². The van der Waals surface area contributed by atoms with Crippen molar-refractivity contribution >= 4 is 11.7 Å². The monoisotopic (exact) mass is 261 g/mol. The molecular weight excluding hydrogens is 250 g/mol. The van der Waals surface area contributed by atoms with Crippen LogP contribution in [-0.2, 0) is 4.74 Å². The Labute approximate surface area is 108 Å². The van der Waals surface area contributed by atoms with Crippen molar-refractivity contribution in [3.05, 3.63) is 52.6 Å². The second-order valence-corrected chi connectivity index (χ2v) is 3.66. The summed E-state index contributed by atoms with van der Waals surface area (Å²) in [6.07, 6.45) is 2.88. The van der Waals surface area contributed by atoms with Gasteiger partial charge < -0.3 is 9.30 Å². The average molecular weight is 261 g/mol. The third kappa shape index (κ3) is 2.76. The van der Waals surface area contributed by atoms with Crippen molar-refractivity contribution < 1.29 is 14.5 Å². The molecule has 2 rings (SSSR count). The number of esters is 1. The maximum atomic E-state index is 11.5. The summed E-state index contributed by atoms with van der Waals surface area (Å²) in [5.74, 6) is -0.522. The molecule has 19 heavy (non-hydrogen) atoms. The molecule has 0 amide bonds. The van der Waals surface area contributed by atoms with Crippen molar-refractivity contribution in [2.75, 3.05) is 6.61 Å². The number of imidazole rings is 1. The van der Waals surface area contributed by atoms with Gasteiger partial charge in [-0.25, -0.2) is 9.78 Å². The number of hydrogen-bond donors (Lipinski definition) is 0. The maximum absolute atomic E-state index is 11.5. The Morgan fingerprint density at radius 2 is 2.32 bits per heavy atom. The molecule has 1 heterocycles. The number of nitro groups is 1. The number of carbonyl (C=O) groups excluding carboxylic acids is 1. The van der Waals surface area contributed by atoms with Crippen LogP contribution in [0.3, 0.4) is 0 Å². The Kier molecular flexibility index (Phi) is 3.56. The molecule has 0 spiro atoms. The van der Waals surface area contributed by atoms with Gasteiger partial charge in [0.2, 0.25) is 0 Å². The summed E-state index contributed by atoms with van der Waals surface area (Å²) in [5.41, 5.74) is 0.689. The first-order chi connectivity index (χ1) is 9.11. The first kappa shape index (κ1) is 12.7. The molecule has 0 unspecified atom stereocenters. The quantitative estimate of drug-likeness (QED) is 0.477. The molecule has 98 valence electrons. The van der Waals surface area contributed by atoms with Gasteiger partial charge in [-0.2, -0.15) is 0 Å². The normalized spacial score (nSPS) is 10.2. The Morgan fingerprint density at radius 3 is 3.00 bits per heavy atom. The number of rotatable bonds is 4. The highest BCUT2D eigenvalue weighted by Gasteiger charge is 2.12. The van der Waals surface area contributed by atoms with Gasteiger partial charge in [0.25, 0.3) is 5.69 Å². The summed E-state index contributed by atoms with van der Waals surface area (Å²) in [6, 6.07) is 6.05. The van der Waals surface area contributed by atoms with E-state index in [0.717, 1.165) is 0 Å². The van der Waals surface area contributed by atoms with Crippen LogP contribution in [0.2, 0.25) is 0 Å². The molecule has 7 nitrogen and oxygen atoms in total. The second-order valence-electron chi connectivity index (χ2n) is 3.66. The molecule has 0 aliphatic heterocycles. The van der Waals surface area contributed by atoms with Gasteiger partial charge >= 0.3 is 5.97 Å². The lowest BCUT2D eigenvalue weighted by molar-refractivity contribution is -0.384. The van der Waals surface area contributed by atoms with E-state index in [2.05, 4.69) is 4.98 Å². The van der Waals surface area contributed by atoms with Crippen LogP contribution in [0, 0.1) is 10.1 Å². The second kappa shape index (κ2) is 5.30. The fourth-order valence-electron chi connectivity index (χ4n) is 1.54. The highest BCUT2D eigenvalue weighted by molar-refractivity contribution is 5.87. The zero-order chi connectivity index (χ0) is 13.8. The van der Waals surface area contributed by atoms with Crippen LogP contribution < -0.4 is 0 Å². The Hall–Kier alpha value is -2.70. The van der Waals surface area contributed by atoms with E-state index in [1.165, 1.54) is 29.2 Å². The van der Waals surface area contributed by atoms with E-state index in [1.54, 1.807) is 19.1 Å². The van der Waals surface area contributed by atoms with Crippen molar-refractivity contribution in [2.45, 2.75) is 6.92 Å². The first-order valence-corrected chi connectivity index (χ1v) is 5.57. The number of nitrogens with zero attached hydrogens (tertiary/aromatic N) is 3. The lowest BCUT2D eigenvalue weighted by atomic mass is 10.3. The van der Waals surface area contributed by atoms with E-state index in [4.69, 9.17) is 4.74 Å². The van der Waals surface area contributed by atoms with Gasteiger partial charge in [-0.3, -0.25) is 10.1 Å². The Bertz CT molecular complexity index is 621. The minimum atomic E-state index is -0.522. The molecule has 0 N–H and O–H groups in total. The molecule has 1 aromatic heterocycles. The van der Waals surface area contributed by atoms with E-state index in [0.29, 0.717) is 5.69 Å². The number of ether oxygens (including phenoxy) is 1. The first-order valence-electron chi connectivity index (χ1n) is 5.57. The zero-order valence-corrected chi connectivity index (χ0v) is 10.1. The van der Waals surface area contributed by atoms with E-state index in [-0.39, 0.29) is 18.0 Å². The molecule has 0 aliphatic rings. The average Bonchev–Trinajstić information content (AvgIpc) is 2.89. The van der Waals surface area contributed by atoms with Gasteiger partial charge in [0.05, 0.1) is 17.2 Å². The van der Waals surface area contributed by atoms with Gasteiger partial charge in [-0.1, -0.05) is 6.07 Å². The van der Waals surface area contributed by atoms with Crippen LogP contribution in [0.1, 0.15) is 17.4 Å². The van der Waals surface area contributed by atoms with E-state index >= 15 is 0 Å². The third-order valence-electron chi connectivity index (χ3n) is 2.41. The van der Waals surface area contributed by atoms with Gasteiger partial charge in [-0.15, -0.1) is 0 Å². The van der Waals surface area contributed by atoms with E-state index in [1.807, 2.05) is 0 Å². The fourth-order valence-corrected chi connectivity index (χ4v) is 1.54. The number of benzene rings is 1. The molecule has 0 fully saturated rings. The van der Waals surface area contributed by atoms with Gasteiger partial charge in [0.15, 0.2) is 5.69 Å². The van der Waals surface area contributed by atoms with Gasteiger partial charge in [-0.05, 0) is 13.0 Å². The predicted octanol–water partition coefficient (Wildman–Crippen LogP) is 1.96. The predicted molar refractivity (Wildman–Crippen MR) is 66.2 cm³/mol. The summed E-state index contributed by atoms with van der Waals surface area (Å²) in [6.45, 7) is 1.97. The van der Waals surface area contributed by atoms with E-state index in [9.17, 15) is 14.9 Å². The van der Waals surface area contributed by atoms with Crippen LogP contribution in [0.4, 0.5) is 5.69 Å². The molecule has 0 aliphatic carbocycles. The lowest BCUT2D eigenvalue weighted by Crippen LogP contribution is -2.04. The van der Waals surface area contributed by atoms with Gasteiger partial charge in [0.1, 0.15) is 6.33 Å². The lowest BCUT2D eigenvalue weighted by Gasteiger charge is -2.01. The molecule has 0 saturated carbocycles. The van der Waals surface area contributed by atoms with Crippen LogP contribution >= 0.6 is 0 Å².